The lowest BCUT2D eigenvalue weighted by atomic mass is 10.1. The number of phenols is 1. The van der Waals surface area contributed by atoms with E-state index < -0.39 is 0 Å². The molecule has 0 fully saturated rings. The fraction of sp³-hybridized carbons (Fsp3) is 0. The minimum atomic E-state index is 0.0986. The molecule has 0 aliphatic rings. The Morgan fingerprint density at radius 3 is 3.07 bits per heavy atom. The molecular formula is C11H10N2O2. The number of hydrogen-bond donors (Lipinski definition) is 3. The second-order valence-corrected chi connectivity index (χ2v) is 3.18. The van der Waals surface area contributed by atoms with Crippen molar-refractivity contribution in [2.45, 2.75) is 0 Å². The quantitative estimate of drug-likeness (QED) is 0.662. The number of H-pyrrole nitrogens is 1. The van der Waals surface area contributed by atoms with E-state index in [1.807, 2.05) is 6.07 Å². The summed E-state index contributed by atoms with van der Waals surface area (Å²) >= 11 is 0. The average Bonchev–Trinajstić information content (AvgIpc) is 2.63. The summed E-state index contributed by atoms with van der Waals surface area (Å²) in [5, 5.41) is 13.0. The number of amides is 1. The normalized spacial score (nSPS) is 10.1. The Labute approximate surface area is 86.2 Å². The number of carbonyl (C=O) groups excluding carboxylic acids is 1. The number of phenolic OH excluding ortho intramolecular Hbond substituents is 1. The molecule has 1 heterocycles. The maximum Gasteiger partial charge on any atom is 0.211 e. The largest absolute Gasteiger partial charge is 0.507 e. The number of hydrogen-bond acceptors (Lipinski definition) is 2. The first-order chi connectivity index (χ1) is 7.22. The minimum Gasteiger partial charge on any atom is -0.507 e. The molecule has 0 saturated heterocycles. The van der Waals surface area contributed by atoms with Crippen LogP contribution < -0.4 is 5.32 Å². The first-order valence-electron chi connectivity index (χ1n) is 4.42. The van der Waals surface area contributed by atoms with Crippen LogP contribution in [0, 0.1) is 0 Å². The van der Waals surface area contributed by atoms with E-state index in [0.29, 0.717) is 17.7 Å². The number of rotatable bonds is 3. The highest BCUT2D eigenvalue weighted by atomic mass is 16.3. The third kappa shape index (κ3) is 1.57. The van der Waals surface area contributed by atoms with Crippen molar-refractivity contribution in [3.05, 3.63) is 36.5 Å². The van der Waals surface area contributed by atoms with Crippen LogP contribution in [0.2, 0.25) is 0 Å². The van der Waals surface area contributed by atoms with Crippen LogP contribution in [-0.2, 0) is 4.79 Å². The van der Waals surface area contributed by atoms with Crippen molar-refractivity contribution in [1.82, 2.24) is 10.3 Å². The monoisotopic (exact) mass is 202 g/mol. The van der Waals surface area contributed by atoms with E-state index in [1.165, 1.54) is 0 Å². The first-order valence-corrected chi connectivity index (χ1v) is 4.42. The van der Waals surface area contributed by atoms with Gasteiger partial charge in [-0.3, -0.25) is 4.79 Å². The molecule has 2 rings (SSSR count). The summed E-state index contributed by atoms with van der Waals surface area (Å²) in [5.41, 5.74) is 1.77. The lowest BCUT2D eigenvalue weighted by Gasteiger charge is -2.06. The molecular weight excluding hydrogens is 192 g/mol. The Kier molecular flexibility index (Phi) is 2.17. The SMILES string of the molecule is C=C(NC=O)c1cc2[nH]ccc2cc1O. The molecule has 15 heavy (non-hydrogen) atoms. The molecule has 0 unspecified atom stereocenters. The molecule has 4 nitrogen and oxygen atoms in total. The van der Waals surface area contributed by atoms with Crippen LogP contribution in [0.1, 0.15) is 5.56 Å². The van der Waals surface area contributed by atoms with E-state index in [-0.39, 0.29) is 5.75 Å². The smallest absolute Gasteiger partial charge is 0.211 e. The van der Waals surface area contributed by atoms with Crippen LogP contribution in [0.25, 0.3) is 16.6 Å². The van der Waals surface area contributed by atoms with Crippen molar-refractivity contribution < 1.29 is 9.90 Å². The van der Waals surface area contributed by atoms with Crippen molar-refractivity contribution in [1.29, 1.82) is 0 Å². The van der Waals surface area contributed by atoms with E-state index in [0.717, 1.165) is 10.9 Å². The molecule has 1 aromatic heterocycles. The Bertz CT molecular complexity index is 528. The Morgan fingerprint density at radius 1 is 1.53 bits per heavy atom. The van der Waals surface area contributed by atoms with E-state index in [4.69, 9.17) is 0 Å². The Morgan fingerprint density at radius 2 is 2.33 bits per heavy atom. The molecule has 76 valence electrons. The molecule has 0 aliphatic carbocycles. The fourth-order valence-electron chi connectivity index (χ4n) is 1.48. The van der Waals surface area contributed by atoms with Crippen molar-refractivity contribution in [3.8, 4) is 5.75 Å². The second kappa shape index (κ2) is 3.49. The van der Waals surface area contributed by atoms with Gasteiger partial charge < -0.3 is 15.4 Å². The van der Waals surface area contributed by atoms with Crippen LogP contribution in [0.15, 0.2) is 31.0 Å². The van der Waals surface area contributed by atoms with Gasteiger partial charge >= 0.3 is 0 Å². The summed E-state index contributed by atoms with van der Waals surface area (Å²) in [6.45, 7) is 3.65. The van der Waals surface area contributed by atoms with Crippen molar-refractivity contribution in [2.75, 3.05) is 0 Å². The van der Waals surface area contributed by atoms with Gasteiger partial charge in [0.15, 0.2) is 0 Å². The van der Waals surface area contributed by atoms with E-state index >= 15 is 0 Å². The van der Waals surface area contributed by atoms with Gasteiger partial charge in [0.25, 0.3) is 0 Å². The lowest BCUT2D eigenvalue weighted by molar-refractivity contribution is -0.108. The van der Waals surface area contributed by atoms with Gasteiger partial charge in [-0.05, 0) is 18.2 Å². The first kappa shape index (κ1) is 9.33. The topological polar surface area (TPSA) is 65.1 Å². The highest BCUT2D eigenvalue weighted by Gasteiger charge is 2.07. The molecule has 2 aromatic rings. The Hall–Kier alpha value is -2.23. The highest BCUT2D eigenvalue weighted by molar-refractivity contribution is 5.87. The molecule has 1 amide bonds. The molecule has 1 aromatic carbocycles. The maximum absolute atomic E-state index is 10.3. The number of fused-ring (bicyclic) bond motifs is 1. The number of carbonyl (C=O) groups is 1. The zero-order chi connectivity index (χ0) is 10.8. The summed E-state index contributed by atoms with van der Waals surface area (Å²) in [4.78, 5) is 13.3. The summed E-state index contributed by atoms with van der Waals surface area (Å²) < 4.78 is 0. The maximum atomic E-state index is 10.3. The average molecular weight is 202 g/mol. The van der Waals surface area contributed by atoms with Crippen LogP contribution >= 0.6 is 0 Å². The molecule has 0 bridgehead atoms. The molecule has 0 atom stereocenters. The van der Waals surface area contributed by atoms with Gasteiger partial charge in [0, 0.05) is 28.4 Å². The standard InChI is InChI=1S/C11H10N2O2/c1-7(13-6-14)9-5-10-8(2-3-12-10)4-11(9)15/h2-6,12,15H,1H2,(H,13,14). The molecule has 3 N–H and O–H groups in total. The van der Waals surface area contributed by atoms with Crippen LogP contribution in [-0.4, -0.2) is 16.5 Å². The van der Waals surface area contributed by atoms with E-state index in [9.17, 15) is 9.90 Å². The van der Waals surface area contributed by atoms with Gasteiger partial charge in [0.05, 0.1) is 0 Å². The van der Waals surface area contributed by atoms with Gasteiger partial charge in [-0.2, -0.15) is 0 Å². The Balaban J connectivity index is 2.54. The number of nitrogens with one attached hydrogen (secondary N) is 2. The molecule has 0 spiro atoms. The van der Waals surface area contributed by atoms with Gasteiger partial charge in [-0.15, -0.1) is 0 Å². The van der Waals surface area contributed by atoms with E-state index in [2.05, 4.69) is 16.9 Å². The zero-order valence-corrected chi connectivity index (χ0v) is 7.95. The fourth-order valence-corrected chi connectivity index (χ4v) is 1.48. The second-order valence-electron chi connectivity index (χ2n) is 3.18. The number of aromatic amines is 1. The number of aromatic hydroxyl groups is 1. The lowest BCUT2D eigenvalue weighted by Crippen LogP contribution is -2.07. The predicted molar refractivity (Wildman–Crippen MR) is 58.2 cm³/mol. The third-order valence-corrected chi connectivity index (χ3v) is 2.23. The van der Waals surface area contributed by atoms with Gasteiger partial charge in [-0.25, -0.2) is 0 Å². The summed E-state index contributed by atoms with van der Waals surface area (Å²) in [5.74, 6) is 0.0986. The van der Waals surface area contributed by atoms with E-state index in [1.54, 1.807) is 18.3 Å². The molecule has 0 saturated carbocycles. The predicted octanol–water partition coefficient (Wildman–Crippen LogP) is 1.59. The summed E-state index contributed by atoms with van der Waals surface area (Å²) in [6.07, 6.45) is 2.31. The molecule has 0 radical (unpaired) electrons. The van der Waals surface area contributed by atoms with Crippen molar-refractivity contribution in [2.24, 2.45) is 0 Å². The molecule has 0 aliphatic heterocycles. The van der Waals surface area contributed by atoms with Crippen LogP contribution in [0.5, 0.6) is 5.75 Å². The zero-order valence-electron chi connectivity index (χ0n) is 7.95. The minimum absolute atomic E-state index is 0.0986. The highest BCUT2D eigenvalue weighted by Crippen LogP contribution is 2.27. The number of aromatic nitrogens is 1. The van der Waals surface area contributed by atoms with Gasteiger partial charge in [0.2, 0.25) is 6.41 Å². The third-order valence-electron chi connectivity index (χ3n) is 2.23. The van der Waals surface area contributed by atoms with Crippen LogP contribution in [0.3, 0.4) is 0 Å². The number of benzene rings is 1. The summed E-state index contributed by atoms with van der Waals surface area (Å²) in [7, 11) is 0. The molecule has 4 heteroatoms. The van der Waals surface area contributed by atoms with Gasteiger partial charge in [-0.1, -0.05) is 6.58 Å². The summed E-state index contributed by atoms with van der Waals surface area (Å²) in [6, 6.07) is 5.22. The van der Waals surface area contributed by atoms with Crippen LogP contribution in [0.4, 0.5) is 0 Å². The van der Waals surface area contributed by atoms with Gasteiger partial charge in [0.1, 0.15) is 5.75 Å². The van der Waals surface area contributed by atoms with Crippen molar-refractivity contribution in [3.63, 3.8) is 0 Å². The van der Waals surface area contributed by atoms with Crippen molar-refractivity contribution >= 4 is 23.0 Å².